The summed E-state index contributed by atoms with van der Waals surface area (Å²) >= 11 is 0. The van der Waals surface area contributed by atoms with E-state index in [0.717, 1.165) is 6.07 Å². The molecule has 0 aromatic heterocycles. The minimum atomic E-state index is -4.48. The van der Waals surface area contributed by atoms with E-state index >= 15 is 0 Å². The Morgan fingerprint density at radius 1 is 1.32 bits per heavy atom. The molecule has 0 spiro atoms. The zero-order valence-electron chi connectivity index (χ0n) is 12.3. The molecule has 2 unspecified atom stereocenters. The first-order valence-electron chi connectivity index (χ1n) is 6.55. The molecule has 0 heterocycles. The molecule has 3 N–H and O–H groups in total. The molecule has 0 aliphatic heterocycles. The molecule has 4 nitrogen and oxygen atoms in total. The molecular formula is C14H20ClF3N2O2. The quantitative estimate of drug-likeness (QED) is 0.836. The van der Waals surface area contributed by atoms with Crippen LogP contribution in [0.5, 0.6) is 5.75 Å². The van der Waals surface area contributed by atoms with E-state index in [1.54, 1.807) is 13.8 Å². The van der Waals surface area contributed by atoms with Gasteiger partial charge in [-0.3, -0.25) is 4.79 Å². The maximum Gasteiger partial charge on any atom is 0.419 e. The van der Waals surface area contributed by atoms with E-state index in [9.17, 15) is 18.0 Å². The Morgan fingerprint density at radius 2 is 1.91 bits per heavy atom. The van der Waals surface area contributed by atoms with Crippen LogP contribution in [-0.2, 0) is 11.0 Å². The first-order valence-corrected chi connectivity index (χ1v) is 6.55. The van der Waals surface area contributed by atoms with Gasteiger partial charge in [0.05, 0.1) is 11.6 Å². The van der Waals surface area contributed by atoms with Crippen molar-refractivity contribution in [3.63, 3.8) is 0 Å². The van der Waals surface area contributed by atoms with Crippen molar-refractivity contribution < 1.29 is 22.7 Å². The second-order valence-electron chi connectivity index (χ2n) is 4.85. The predicted octanol–water partition coefficient (Wildman–Crippen LogP) is 2.61. The molecule has 0 saturated heterocycles. The van der Waals surface area contributed by atoms with Gasteiger partial charge < -0.3 is 15.8 Å². The molecular weight excluding hydrogens is 321 g/mol. The average Bonchev–Trinajstić information content (AvgIpc) is 2.43. The molecule has 8 heteroatoms. The van der Waals surface area contributed by atoms with Crippen LogP contribution in [0.3, 0.4) is 0 Å². The van der Waals surface area contributed by atoms with Gasteiger partial charge in [0, 0.05) is 12.5 Å². The van der Waals surface area contributed by atoms with E-state index in [1.165, 1.54) is 18.2 Å². The average molecular weight is 341 g/mol. The van der Waals surface area contributed by atoms with Crippen molar-refractivity contribution in [2.24, 2.45) is 11.7 Å². The first-order chi connectivity index (χ1) is 9.75. The van der Waals surface area contributed by atoms with Crippen molar-refractivity contribution in [2.45, 2.75) is 26.1 Å². The van der Waals surface area contributed by atoms with Crippen LogP contribution < -0.4 is 15.8 Å². The predicted molar refractivity (Wildman–Crippen MR) is 80.0 cm³/mol. The summed E-state index contributed by atoms with van der Waals surface area (Å²) in [4.78, 5) is 11.6. The van der Waals surface area contributed by atoms with E-state index in [1.807, 2.05) is 0 Å². The third-order valence-corrected chi connectivity index (χ3v) is 2.87. The molecule has 0 aliphatic carbocycles. The molecule has 1 rings (SSSR count). The standard InChI is InChI=1S/C14H19F3N2O2.ClH/c1-9(7-18)13(20)19-10(2)8-21-12-6-4-3-5-11(12)14(15,16)17;/h3-6,9-10H,7-8,18H2,1-2H3,(H,19,20);1H. The summed E-state index contributed by atoms with van der Waals surface area (Å²) in [6.07, 6.45) is -4.48. The van der Waals surface area contributed by atoms with Gasteiger partial charge in [0.25, 0.3) is 0 Å². The number of hydrogen-bond acceptors (Lipinski definition) is 3. The first kappa shape index (κ1) is 20.5. The monoisotopic (exact) mass is 340 g/mol. The van der Waals surface area contributed by atoms with E-state index in [0.29, 0.717) is 0 Å². The highest BCUT2D eigenvalue weighted by Gasteiger charge is 2.34. The van der Waals surface area contributed by atoms with E-state index in [4.69, 9.17) is 10.5 Å². The minimum Gasteiger partial charge on any atom is -0.491 e. The number of alkyl halides is 3. The third-order valence-electron chi connectivity index (χ3n) is 2.87. The summed E-state index contributed by atoms with van der Waals surface area (Å²) in [5.41, 5.74) is 4.53. The van der Waals surface area contributed by atoms with Crippen LogP contribution in [0.15, 0.2) is 24.3 Å². The molecule has 0 aliphatic rings. The topological polar surface area (TPSA) is 64.3 Å². The zero-order chi connectivity index (χ0) is 16.0. The number of rotatable bonds is 6. The fraction of sp³-hybridized carbons (Fsp3) is 0.500. The Labute approximate surface area is 133 Å². The fourth-order valence-electron chi connectivity index (χ4n) is 1.58. The lowest BCUT2D eigenvalue weighted by Crippen LogP contribution is -2.41. The normalized spacial score (nSPS) is 13.7. The maximum atomic E-state index is 12.8. The minimum absolute atomic E-state index is 0. The van der Waals surface area contributed by atoms with Crippen molar-refractivity contribution in [1.82, 2.24) is 5.32 Å². The zero-order valence-corrected chi connectivity index (χ0v) is 13.1. The number of amides is 1. The SMILES string of the molecule is CC(COc1ccccc1C(F)(F)F)NC(=O)C(C)CN.Cl. The van der Waals surface area contributed by atoms with Crippen LogP contribution in [-0.4, -0.2) is 25.1 Å². The van der Waals surface area contributed by atoms with Crippen molar-refractivity contribution in [1.29, 1.82) is 0 Å². The Balaban J connectivity index is 0.00000441. The van der Waals surface area contributed by atoms with Gasteiger partial charge in [-0.15, -0.1) is 12.4 Å². The van der Waals surface area contributed by atoms with Crippen LogP contribution in [0.25, 0.3) is 0 Å². The van der Waals surface area contributed by atoms with Gasteiger partial charge in [-0.05, 0) is 19.1 Å². The number of benzene rings is 1. The van der Waals surface area contributed by atoms with E-state index < -0.39 is 17.8 Å². The number of ether oxygens (including phenoxy) is 1. The van der Waals surface area contributed by atoms with Gasteiger partial charge in [-0.1, -0.05) is 19.1 Å². The second kappa shape index (κ2) is 8.85. The summed E-state index contributed by atoms with van der Waals surface area (Å²) in [5, 5.41) is 2.63. The second-order valence-corrected chi connectivity index (χ2v) is 4.85. The fourth-order valence-corrected chi connectivity index (χ4v) is 1.58. The molecule has 0 saturated carbocycles. The van der Waals surface area contributed by atoms with Crippen LogP contribution >= 0.6 is 12.4 Å². The summed E-state index contributed by atoms with van der Waals surface area (Å²) in [6, 6.07) is 4.54. The van der Waals surface area contributed by atoms with Crippen LogP contribution in [0.1, 0.15) is 19.4 Å². The molecule has 0 bridgehead atoms. The highest BCUT2D eigenvalue weighted by Crippen LogP contribution is 2.35. The molecule has 126 valence electrons. The number of carbonyl (C=O) groups excluding carboxylic acids is 1. The Hall–Kier alpha value is -1.47. The van der Waals surface area contributed by atoms with Gasteiger partial charge in [0.1, 0.15) is 12.4 Å². The number of para-hydroxylation sites is 1. The van der Waals surface area contributed by atoms with E-state index in [2.05, 4.69) is 5.32 Å². The third kappa shape index (κ3) is 6.11. The van der Waals surface area contributed by atoms with Crippen LogP contribution in [0.2, 0.25) is 0 Å². The number of nitrogens with one attached hydrogen (secondary N) is 1. The van der Waals surface area contributed by atoms with E-state index in [-0.39, 0.29) is 43.1 Å². The summed E-state index contributed by atoms with van der Waals surface area (Å²) < 4.78 is 43.5. The molecule has 0 fully saturated rings. The maximum absolute atomic E-state index is 12.8. The highest BCUT2D eigenvalue weighted by atomic mass is 35.5. The van der Waals surface area contributed by atoms with Gasteiger partial charge in [-0.2, -0.15) is 13.2 Å². The van der Waals surface area contributed by atoms with Crippen molar-refractivity contribution in [2.75, 3.05) is 13.2 Å². The highest BCUT2D eigenvalue weighted by molar-refractivity contribution is 5.85. The molecule has 22 heavy (non-hydrogen) atoms. The molecule has 1 aromatic carbocycles. The summed E-state index contributed by atoms with van der Waals surface area (Å²) in [6.45, 7) is 3.46. The van der Waals surface area contributed by atoms with Crippen molar-refractivity contribution in [3.05, 3.63) is 29.8 Å². The summed E-state index contributed by atoms with van der Waals surface area (Å²) in [5.74, 6) is -0.856. The Bertz CT molecular complexity index is 483. The van der Waals surface area contributed by atoms with Crippen LogP contribution in [0.4, 0.5) is 13.2 Å². The Kier molecular flexibility index (Phi) is 8.26. The van der Waals surface area contributed by atoms with Crippen LogP contribution in [0, 0.1) is 5.92 Å². The lowest BCUT2D eigenvalue weighted by Gasteiger charge is -2.19. The smallest absolute Gasteiger partial charge is 0.419 e. The van der Waals surface area contributed by atoms with Gasteiger partial charge in [0.2, 0.25) is 5.91 Å². The summed E-state index contributed by atoms with van der Waals surface area (Å²) in [7, 11) is 0. The molecule has 0 radical (unpaired) electrons. The molecule has 1 amide bonds. The molecule has 1 aromatic rings. The lowest BCUT2D eigenvalue weighted by molar-refractivity contribution is -0.139. The van der Waals surface area contributed by atoms with Gasteiger partial charge in [-0.25, -0.2) is 0 Å². The number of hydrogen-bond donors (Lipinski definition) is 2. The number of halogens is 4. The van der Waals surface area contributed by atoms with Crippen molar-refractivity contribution >= 4 is 18.3 Å². The largest absolute Gasteiger partial charge is 0.491 e. The number of nitrogens with two attached hydrogens (primary N) is 1. The van der Waals surface area contributed by atoms with Gasteiger partial charge in [0.15, 0.2) is 0 Å². The Morgan fingerprint density at radius 3 is 2.45 bits per heavy atom. The lowest BCUT2D eigenvalue weighted by atomic mass is 10.1. The van der Waals surface area contributed by atoms with Crippen molar-refractivity contribution in [3.8, 4) is 5.75 Å². The number of carbonyl (C=O) groups is 1. The van der Waals surface area contributed by atoms with Gasteiger partial charge >= 0.3 is 6.18 Å². The molecule has 2 atom stereocenters.